The van der Waals surface area contributed by atoms with Gasteiger partial charge in [-0.1, -0.05) is 29.8 Å². The van der Waals surface area contributed by atoms with Crippen LogP contribution in [0.3, 0.4) is 0 Å². The number of aryl methyl sites for hydroxylation is 2. The lowest BCUT2D eigenvalue weighted by Crippen LogP contribution is -2.08. The van der Waals surface area contributed by atoms with E-state index in [0.29, 0.717) is 5.75 Å². The topological polar surface area (TPSA) is 32.3 Å². The highest BCUT2D eigenvalue weighted by Crippen LogP contribution is 2.29. The van der Waals surface area contributed by atoms with Crippen LogP contribution in [0.4, 0.5) is 5.69 Å². The number of benzene rings is 2. The highest BCUT2D eigenvalue weighted by atomic mass is 16.3. The Hall–Kier alpha value is -1.96. The van der Waals surface area contributed by atoms with Gasteiger partial charge in [-0.15, -0.1) is 0 Å². The Morgan fingerprint density at radius 3 is 2.53 bits per heavy atom. The molecule has 2 nitrogen and oxygen atoms in total. The fourth-order valence-electron chi connectivity index (χ4n) is 2.24. The Bertz CT molecular complexity index is 590. The summed E-state index contributed by atoms with van der Waals surface area (Å²) in [6, 6.07) is 12.0. The molecule has 1 atom stereocenters. The Kier molecular flexibility index (Phi) is 3.79. The minimum atomic E-state index is 0.0698. The number of rotatable bonds is 3. The second-order valence-corrected chi connectivity index (χ2v) is 5.18. The van der Waals surface area contributed by atoms with Crippen LogP contribution in [-0.2, 0) is 0 Å². The quantitative estimate of drug-likeness (QED) is 0.847. The Balaban J connectivity index is 2.28. The summed E-state index contributed by atoms with van der Waals surface area (Å²) in [5, 5.41) is 13.4. The first-order valence-electron chi connectivity index (χ1n) is 6.61. The second kappa shape index (κ2) is 5.35. The molecule has 2 aromatic rings. The van der Waals surface area contributed by atoms with Crippen molar-refractivity contribution in [1.82, 2.24) is 0 Å². The Labute approximate surface area is 115 Å². The van der Waals surface area contributed by atoms with Gasteiger partial charge in [0.05, 0.1) is 6.04 Å². The number of aromatic hydroxyl groups is 1. The van der Waals surface area contributed by atoms with Crippen LogP contribution in [0.1, 0.15) is 35.2 Å². The number of anilines is 1. The van der Waals surface area contributed by atoms with E-state index in [-0.39, 0.29) is 6.04 Å². The van der Waals surface area contributed by atoms with Crippen molar-refractivity contribution in [3.63, 3.8) is 0 Å². The van der Waals surface area contributed by atoms with E-state index in [1.165, 1.54) is 11.1 Å². The number of hydrogen-bond acceptors (Lipinski definition) is 2. The van der Waals surface area contributed by atoms with Crippen LogP contribution in [0.2, 0.25) is 0 Å². The van der Waals surface area contributed by atoms with E-state index in [0.717, 1.165) is 16.8 Å². The predicted octanol–water partition coefficient (Wildman–Crippen LogP) is 4.49. The molecule has 1 unspecified atom stereocenters. The summed E-state index contributed by atoms with van der Waals surface area (Å²) in [5.74, 6) is 0.343. The van der Waals surface area contributed by atoms with Gasteiger partial charge in [0, 0.05) is 11.3 Å². The summed E-state index contributed by atoms with van der Waals surface area (Å²) in [6.07, 6.45) is 0. The second-order valence-electron chi connectivity index (χ2n) is 5.18. The van der Waals surface area contributed by atoms with Crippen molar-refractivity contribution in [2.24, 2.45) is 0 Å². The molecule has 0 bridgehead atoms. The number of phenols is 1. The summed E-state index contributed by atoms with van der Waals surface area (Å²) < 4.78 is 0. The van der Waals surface area contributed by atoms with Crippen LogP contribution < -0.4 is 5.32 Å². The molecule has 19 heavy (non-hydrogen) atoms. The van der Waals surface area contributed by atoms with E-state index < -0.39 is 0 Å². The molecule has 0 aliphatic carbocycles. The molecule has 0 spiro atoms. The van der Waals surface area contributed by atoms with Gasteiger partial charge in [-0.25, -0.2) is 0 Å². The number of nitrogens with one attached hydrogen (secondary N) is 1. The summed E-state index contributed by atoms with van der Waals surface area (Å²) in [4.78, 5) is 0. The monoisotopic (exact) mass is 255 g/mol. The third-order valence-electron chi connectivity index (χ3n) is 3.63. The van der Waals surface area contributed by atoms with Crippen LogP contribution in [0.15, 0.2) is 36.4 Å². The van der Waals surface area contributed by atoms with E-state index in [1.807, 2.05) is 25.1 Å². The molecule has 0 heterocycles. The molecule has 0 amide bonds. The van der Waals surface area contributed by atoms with Crippen LogP contribution in [0.25, 0.3) is 0 Å². The smallest absolute Gasteiger partial charge is 0.120 e. The Morgan fingerprint density at radius 1 is 1.05 bits per heavy atom. The number of hydrogen-bond donors (Lipinski definition) is 2. The van der Waals surface area contributed by atoms with Gasteiger partial charge in [-0.3, -0.25) is 0 Å². The first-order valence-corrected chi connectivity index (χ1v) is 6.61. The largest absolute Gasteiger partial charge is 0.508 e. The SMILES string of the molecule is Cc1ccc(O)c(C(C)Nc2cccc(C)c2C)c1. The maximum Gasteiger partial charge on any atom is 0.120 e. The molecule has 100 valence electrons. The fourth-order valence-corrected chi connectivity index (χ4v) is 2.24. The van der Waals surface area contributed by atoms with Gasteiger partial charge in [0.15, 0.2) is 0 Å². The maximum atomic E-state index is 9.97. The molecule has 2 aromatic carbocycles. The molecule has 0 aromatic heterocycles. The standard InChI is InChI=1S/C17H21NO/c1-11-8-9-17(19)15(10-11)14(4)18-16-7-5-6-12(2)13(16)3/h5-10,14,18-19H,1-4H3. The van der Waals surface area contributed by atoms with Crippen molar-refractivity contribution in [2.45, 2.75) is 33.7 Å². The van der Waals surface area contributed by atoms with Crippen LogP contribution in [0, 0.1) is 20.8 Å². The summed E-state index contributed by atoms with van der Waals surface area (Å²) in [7, 11) is 0. The average molecular weight is 255 g/mol. The van der Waals surface area contributed by atoms with Crippen molar-refractivity contribution < 1.29 is 5.11 Å². The van der Waals surface area contributed by atoms with E-state index in [1.54, 1.807) is 6.07 Å². The van der Waals surface area contributed by atoms with Crippen molar-refractivity contribution in [3.05, 3.63) is 58.7 Å². The van der Waals surface area contributed by atoms with Crippen LogP contribution in [-0.4, -0.2) is 5.11 Å². The number of phenolic OH excluding ortho intramolecular Hbond substituents is 1. The molecular weight excluding hydrogens is 234 g/mol. The first-order chi connectivity index (χ1) is 8.99. The molecule has 0 fully saturated rings. The molecule has 0 saturated carbocycles. The highest BCUT2D eigenvalue weighted by molar-refractivity contribution is 5.55. The van der Waals surface area contributed by atoms with E-state index in [2.05, 4.69) is 38.2 Å². The van der Waals surface area contributed by atoms with E-state index >= 15 is 0 Å². The zero-order chi connectivity index (χ0) is 14.0. The zero-order valence-electron chi connectivity index (χ0n) is 12.0. The van der Waals surface area contributed by atoms with Gasteiger partial charge in [-0.05, 0) is 51.0 Å². The van der Waals surface area contributed by atoms with Crippen molar-refractivity contribution in [2.75, 3.05) is 5.32 Å². The highest BCUT2D eigenvalue weighted by Gasteiger charge is 2.11. The molecule has 0 radical (unpaired) electrons. The van der Waals surface area contributed by atoms with Gasteiger partial charge in [0.1, 0.15) is 5.75 Å². The molecule has 0 saturated heterocycles. The minimum absolute atomic E-state index is 0.0698. The van der Waals surface area contributed by atoms with Crippen molar-refractivity contribution in [3.8, 4) is 5.75 Å². The van der Waals surface area contributed by atoms with Crippen LogP contribution >= 0.6 is 0 Å². The van der Waals surface area contributed by atoms with Crippen molar-refractivity contribution >= 4 is 5.69 Å². The molecule has 2 rings (SSSR count). The van der Waals surface area contributed by atoms with E-state index in [9.17, 15) is 5.11 Å². The predicted molar refractivity (Wildman–Crippen MR) is 80.8 cm³/mol. The summed E-state index contributed by atoms with van der Waals surface area (Å²) >= 11 is 0. The summed E-state index contributed by atoms with van der Waals surface area (Å²) in [5.41, 5.74) is 5.73. The lowest BCUT2D eigenvalue weighted by Gasteiger charge is -2.19. The first kappa shape index (κ1) is 13.5. The molecule has 0 aliphatic heterocycles. The van der Waals surface area contributed by atoms with Gasteiger partial charge in [0.2, 0.25) is 0 Å². The van der Waals surface area contributed by atoms with Gasteiger partial charge in [0.25, 0.3) is 0 Å². The Morgan fingerprint density at radius 2 is 1.79 bits per heavy atom. The van der Waals surface area contributed by atoms with Gasteiger partial charge in [-0.2, -0.15) is 0 Å². The lowest BCUT2D eigenvalue weighted by molar-refractivity contribution is 0.465. The normalized spacial score (nSPS) is 12.2. The van der Waals surface area contributed by atoms with Gasteiger partial charge < -0.3 is 10.4 Å². The summed E-state index contributed by atoms with van der Waals surface area (Å²) in [6.45, 7) is 8.32. The molecule has 2 heteroatoms. The molecular formula is C17H21NO. The van der Waals surface area contributed by atoms with Gasteiger partial charge >= 0.3 is 0 Å². The lowest BCUT2D eigenvalue weighted by atomic mass is 10.0. The van der Waals surface area contributed by atoms with Crippen molar-refractivity contribution in [1.29, 1.82) is 0 Å². The minimum Gasteiger partial charge on any atom is -0.508 e. The van der Waals surface area contributed by atoms with Crippen LogP contribution in [0.5, 0.6) is 5.75 Å². The average Bonchev–Trinajstić information content (AvgIpc) is 2.38. The zero-order valence-corrected chi connectivity index (χ0v) is 12.0. The maximum absolute atomic E-state index is 9.97. The van der Waals surface area contributed by atoms with E-state index in [4.69, 9.17) is 0 Å². The molecule has 0 aliphatic rings. The molecule has 2 N–H and O–H groups in total. The third kappa shape index (κ3) is 2.90. The fraction of sp³-hybridized carbons (Fsp3) is 0.294. The third-order valence-corrected chi connectivity index (χ3v) is 3.63.